The molecule has 1 aliphatic rings. The number of aryl methyl sites for hydroxylation is 1. The minimum absolute atomic E-state index is 0.109. The van der Waals surface area contributed by atoms with Crippen molar-refractivity contribution in [1.29, 1.82) is 0 Å². The molecule has 0 radical (unpaired) electrons. The molecule has 7 heteroatoms. The fourth-order valence-corrected chi connectivity index (χ4v) is 3.02. The average Bonchev–Trinajstić information content (AvgIpc) is 2.74. The number of morpholine rings is 1. The molecule has 2 aromatic carbocycles. The fraction of sp³-hybridized carbons (Fsp3) is 0.333. The highest BCUT2D eigenvalue weighted by Crippen LogP contribution is 2.24. The molecule has 148 valence electrons. The van der Waals surface area contributed by atoms with Crippen molar-refractivity contribution in [3.63, 3.8) is 0 Å². The number of benzene rings is 2. The van der Waals surface area contributed by atoms with Crippen LogP contribution >= 0.6 is 11.6 Å². The molecule has 0 unspecified atom stereocenters. The van der Waals surface area contributed by atoms with E-state index in [-0.39, 0.29) is 18.4 Å². The van der Waals surface area contributed by atoms with E-state index in [4.69, 9.17) is 21.1 Å². The summed E-state index contributed by atoms with van der Waals surface area (Å²) in [5.41, 5.74) is 2.05. The first-order chi connectivity index (χ1) is 13.6. The maximum atomic E-state index is 12.6. The number of ether oxygens (including phenoxy) is 2. The Kier molecular flexibility index (Phi) is 6.90. The Hall–Kier alpha value is -2.57. The van der Waals surface area contributed by atoms with Gasteiger partial charge >= 0.3 is 0 Å². The Balaban J connectivity index is 1.60. The topological polar surface area (TPSA) is 67.9 Å². The monoisotopic (exact) mass is 402 g/mol. The molecule has 0 atom stereocenters. The van der Waals surface area contributed by atoms with Gasteiger partial charge < -0.3 is 19.7 Å². The van der Waals surface area contributed by atoms with Gasteiger partial charge in [0.1, 0.15) is 5.75 Å². The lowest BCUT2D eigenvalue weighted by Crippen LogP contribution is -2.40. The summed E-state index contributed by atoms with van der Waals surface area (Å²) < 4.78 is 10.8. The first-order valence-electron chi connectivity index (χ1n) is 9.25. The number of nitrogens with one attached hydrogen (secondary N) is 1. The number of nitrogens with zero attached hydrogens (tertiary/aromatic N) is 1. The molecule has 1 saturated heterocycles. The van der Waals surface area contributed by atoms with Crippen molar-refractivity contribution in [2.45, 2.75) is 13.3 Å². The summed E-state index contributed by atoms with van der Waals surface area (Å²) in [6.45, 7) is 4.08. The highest BCUT2D eigenvalue weighted by Gasteiger charge is 2.19. The van der Waals surface area contributed by atoms with E-state index in [1.54, 1.807) is 23.1 Å². The van der Waals surface area contributed by atoms with E-state index in [1.807, 2.05) is 24.3 Å². The Morgan fingerprint density at radius 1 is 1.14 bits per heavy atom. The third kappa shape index (κ3) is 5.24. The molecule has 0 aromatic heterocycles. The summed E-state index contributed by atoms with van der Waals surface area (Å²) in [5.74, 6) is 0.162. The van der Waals surface area contributed by atoms with Gasteiger partial charge in [0.15, 0.2) is 6.61 Å². The number of hydrogen-bond acceptors (Lipinski definition) is 4. The molecule has 2 amide bonds. The van der Waals surface area contributed by atoms with Crippen LogP contribution in [0.5, 0.6) is 5.75 Å². The van der Waals surface area contributed by atoms with Gasteiger partial charge in [-0.05, 0) is 42.3 Å². The van der Waals surface area contributed by atoms with Crippen molar-refractivity contribution in [2.24, 2.45) is 0 Å². The van der Waals surface area contributed by atoms with Crippen LogP contribution in [0.25, 0.3) is 0 Å². The smallest absolute Gasteiger partial charge is 0.262 e. The van der Waals surface area contributed by atoms with Gasteiger partial charge in [-0.3, -0.25) is 9.59 Å². The van der Waals surface area contributed by atoms with Crippen LogP contribution in [0.15, 0.2) is 42.5 Å². The van der Waals surface area contributed by atoms with E-state index in [2.05, 4.69) is 12.2 Å². The van der Waals surface area contributed by atoms with Crippen molar-refractivity contribution < 1.29 is 19.1 Å². The highest BCUT2D eigenvalue weighted by atomic mass is 35.5. The Morgan fingerprint density at radius 3 is 2.54 bits per heavy atom. The summed E-state index contributed by atoms with van der Waals surface area (Å²) in [6, 6.07) is 12.4. The van der Waals surface area contributed by atoms with Crippen LogP contribution in [0.3, 0.4) is 0 Å². The second-order valence-electron chi connectivity index (χ2n) is 6.43. The quantitative estimate of drug-likeness (QED) is 0.804. The SMILES string of the molecule is CCc1ccc(OCC(=O)Nc2cc(C(=O)N3CCOCC3)ccc2Cl)cc1. The lowest BCUT2D eigenvalue weighted by molar-refractivity contribution is -0.118. The minimum atomic E-state index is -0.350. The Bertz CT molecular complexity index is 833. The fourth-order valence-electron chi connectivity index (χ4n) is 2.86. The summed E-state index contributed by atoms with van der Waals surface area (Å²) in [5, 5.41) is 3.07. The highest BCUT2D eigenvalue weighted by molar-refractivity contribution is 6.33. The molecule has 3 rings (SSSR count). The van der Waals surface area contributed by atoms with Crippen LogP contribution in [0.1, 0.15) is 22.8 Å². The molecule has 1 fully saturated rings. The molecule has 6 nitrogen and oxygen atoms in total. The van der Waals surface area contributed by atoms with Crippen LogP contribution in [0, 0.1) is 0 Å². The lowest BCUT2D eigenvalue weighted by Gasteiger charge is -2.27. The molecular formula is C21H23ClN2O4. The number of halogens is 1. The molecule has 0 aliphatic carbocycles. The summed E-state index contributed by atoms with van der Waals surface area (Å²) >= 11 is 6.18. The predicted octanol–water partition coefficient (Wildman–Crippen LogP) is 3.39. The van der Waals surface area contributed by atoms with Gasteiger partial charge in [-0.15, -0.1) is 0 Å². The molecule has 0 saturated carbocycles. The number of anilines is 1. The van der Waals surface area contributed by atoms with Crippen LogP contribution in [0.4, 0.5) is 5.69 Å². The van der Waals surface area contributed by atoms with Crippen molar-refractivity contribution in [1.82, 2.24) is 4.90 Å². The van der Waals surface area contributed by atoms with Crippen LogP contribution in [0.2, 0.25) is 5.02 Å². The number of carbonyl (C=O) groups is 2. The Morgan fingerprint density at radius 2 is 1.86 bits per heavy atom. The van der Waals surface area contributed by atoms with Crippen molar-refractivity contribution >= 4 is 29.1 Å². The summed E-state index contributed by atoms with van der Waals surface area (Å²) in [6.07, 6.45) is 0.943. The van der Waals surface area contributed by atoms with Gasteiger partial charge in [-0.25, -0.2) is 0 Å². The molecule has 1 heterocycles. The van der Waals surface area contributed by atoms with E-state index < -0.39 is 0 Å². The largest absolute Gasteiger partial charge is 0.484 e. The third-order valence-electron chi connectivity index (χ3n) is 4.49. The van der Waals surface area contributed by atoms with Crippen LogP contribution in [-0.4, -0.2) is 49.6 Å². The third-order valence-corrected chi connectivity index (χ3v) is 4.82. The van der Waals surface area contributed by atoms with Crippen molar-refractivity contribution in [3.8, 4) is 5.75 Å². The Labute approximate surface area is 169 Å². The normalized spacial score (nSPS) is 13.9. The van der Waals surface area contributed by atoms with E-state index >= 15 is 0 Å². The lowest BCUT2D eigenvalue weighted by atomic mass is 10.1. The zero-order chi connectivity index (χ0) is 19.9. The van der Waals surface area contributed by atoms with Gasteiger partial charge in [-0.2, -0.15) is 0 Å². The first-order valence-corrected chi connectivity index (χ1v) is 9.63. The average molecular weight is 403 g/mol. The zero-order valence-electron chi connectivity index (χ0n) is 15.7. The van der Waals surface area contributed by atoms with Gasteiger partial charge in [-0.1, -0.05) is 30.7 Å². The molecule has 0 spiro atoms. The van der Waals surface area contributed by atoms with Gasteiger partial charge in [0.2, 0.25) is 0 Å². The van der Waals surface area contributed by atoms with Crippen LogP contribution < -0.4 is 10.1 Å². The first kappa shape index (κ1) is 20.2. The van der Waals surface area contributed by atoms with Crippen molar-refractivity contribution in [3.05, 3.63) is 58.6 Å². The molecule has 28 heavy (non-hydrogen) atoms. The van der Waals surface area contributed by atoms with E-state index in [9.17, 15) is 9.59 Å². The maximum Gasteiger partial charge on any atom is 0.262 e. The molecule has 1 aliphatic heterocycles. The number of hydrogen-bond donors (Lipinski definition) is 1. The summed E-state index contributed by atoms with van der Waals surface area (Å²) in [7, 11) is 0. The maximum absolute atomic E-state index is 12.6. The second-order valence-corrected chi connectivity index (χ2v) is 6.84. The molecule has 2 aromatic rings. The van der Waals surface area contributed by atoms with E-state index in [0.717, 1.165) is 6.42 Å². The predicted molar refractivity (Wildman–Crippen MR) is 108 cm³/mol. The number of carbonyl (C=O) groups excluding carboxylic acids is 2. The zero-order valence-corrected chi connectivity index (χ0v) is 16.5. The molecule has 1 N–H and O–H groups in total. The van der Waals surface area contributed by atoms with Gasteiger partial charge in [0, 0.05) is 18.7 Å². The van der Waals surface area contributed by atoms with Gasteiger partial charge in [0.25, 0.3) is 11.8 Å². The van der Waals surface area contributed by atoms with Gasteiger partial charge in [0.05, 0.1) is 23.9 Å². The second kappa shape index (κ2) is 9.57. The van der Waals surface area contributed by atoms with E-state index in [0.29, 0.717) is 48.3 Å². The summed E-state index contributed by atoms with van der Waals surface area (Å²) in [4.78, 5) is 26.6. The van der Waals surface area contributed by atoms with E-state index in [1.165, 1.54) is 5.56 Å². The standard InChI is InChI=1S/C21H23ClN2O4/c1-2-15-3-6-17(7-4-15)28-14-20(25)23-19-13-16(5-8-18(19)22)21(26)24-9-11-27-12-10-24/h3-8,13H,2,9-12,14H2,1H3,(H,23,25). The minimum Gasteiger partial charge on any atom is -0.484 e. The van der Waals surface area contributed by atoms with Crippen LogP contribution in [-0.2, 0) is 16.0 Å². The number of rotatable bonds is 6. The van der Waals surface area contributed by atoms with Crippen molar-refractivity contribution in [2.75, 3.05) is 38.2 Å². The molecule has 0 bridgehead atoms. The molecular weight excluding hydrogens is 380 g/mol. The number of amides is 2.